The summed E-state index contributed by atoms with van der Waals surface area (Å²) < 4.78 is 5.40. The maximum atomic E-state index is 12.7. The Labute approximate surface area is 151 Å². The van der Waals surface area contributed by atoms with Crippen molar-refractivity contribution < 1.29 is 9.53 Å². The van der Waals surface area contributed by atoms with Gasteiger partial charge in [-0.15, -0.1) is 0 Å². The number of hydrogen-bond donors (Lipinski definition) is 1. The van der Waals surface area contributed by atoms with Gasteiger partial charge in [0.25, 0.3) is 0 Å². The predicted molar refractivity (Wildman–Crippen MR) is 102 cm³/mol. The molecule has 1 aromatic rings. The maximum Gasteiger partial charge on any atom is 0.223 e. The molecular formula is C20H31N3O2. The lowest BCUT2D eigenvalue weighted by atomic mass is 9.96. The van der Waals surface area contributed by atoms with Crippen molar-refractivity contribution in [2.45, 2.75) is 58.0 Å². The van der Waals surface area contributed by atoms with Crippen LogP contribution in [0.1, 0.15) is 45.1 Å². The molecule has 5 heteroatoms. The SMILES string of the molecule is CC1CCCC(C)N1C(=O)CCc1ccc(N2CCOCC2)c(N)c1. The molecule has 2 atom stereocenters. The molecule has 1 aromatic carbocycles. The number of piperidine rings is 1. The van der Waals surface area contributed by atoms with Crippen molar-refractivity contribution in [3.05, 3.63) is 23.8 Å². The number of rotatable bonds is 4. The summed E-state index contributed by atoms with van der Waals surface area (Å²) in [7, 11) is 0. The normalized spacial score (nSPS) is 24.4. The minimum absolute atomic E-state index is 0.274. The molecule has 25 heavy (non-hydrogen) atoms. The molecule has 2 fully saturated rings. The average Bonchev–Trinajstić information content (AvgIpc) is 2.60. The van der Waals surface area contributed by atoms with Crippen molar-refractivity contribution in [2.24, 2.45) is 0 Å². The number of nitrogens with two attached hydrogens (primary N) is 1. The standard InChI is InChI=1S/C20H31N3O2/c1-15-4-3-5-16(2)23(15)20(24)9-7-17-6-8-19(18(21)14-17)22-10-12-25-13-11-22/h6,8,14-16H,3-5,7,9-13,21H2,1-2H3. The van der Waals surface area contributed by atoms with Gasteiger partial charge in [0.2, 0.25) is 5.91 Å². The zero-order valence-electron chi connectivity index (χ0n) is 15.5. The number of nitrogens with zero attached hydrogens (tertiary/aromatic N) is 2. The summed E-state index contributed by atoms with van der Waals surface area (Å²) in [6.07, 6.45) is 4.79. The van der Waals surface area contributed by atoms with Crippen LogP contribution in [0.3, 0.4) is 0 Å². The van der Waals surface area contributed by atoms with Gasteiger partial charge in [-0.25, -0.2) is 0 Å². The first-order valence-electron chi connectivity index (χ1n) is 9.58. The third-order valence-electron chi connectivity index (χ3n) is 5.55. The molecule has 0 saturated carbocycles. The molecule has 0 aromatic heterocycles. The van der Waals surface area contributed by atoms with E-state index in [4.69, 9.17) is 10.5 Å². The monoisotopic (exact) mass is 345 g/mol. The van der Waals surface area contributed by atoms with E-state index in [-0.39, 0.29) is 5.91 Å². The van der Waals surface area contributed by atoms with Crippen molar-refractivity contribution in [3.8, 4) is 0 Å². The highest BCUT2D eigenvalue weighted by atomic mass is 16.5. The van der Waals surface area contributed by atoms with Crippen molar-refractivity contribution in [1.82, 2.24) is 4.90 Å². The first kappa shape index (κ1) is 18.1. The molecule has 2 aliphatic rings. The van der Waals surface area contributed by atoms with Crippen LogP contribution in [0.15, 0.2) is 18.2 Å². The third kappa shape index (κ3) is 4.27. The maximum absolute atomic E-state index is 12.7. The van der Waals surface area contributed by atoms with Crippen LogP contribution >= 0.6 is 0 Å². The van der Waals surface area contributed by atoms with E-state index in [9.17, 15) is 4.79 Å². The number of anilines is 2. The molecule has 0 bridgehead atoms. The van der Waals surface area contributed by atoms with Gasteiger partial charge in [0.15, 0.2) is 0 Å². The lowest BCUT2D eigenvalue weighted by molar-refractivity contribution is -0.137. The second-order valence-corrected chi connectivity index (χ2v) is 7.42. The molecule has 2 N–H and O–H groups in total. The Morgan fingerprint density at radius 1 is 1.20 bits per heavy atom. The first-order chi connectivity index (χ1) is 12.1. The molecule has 0 radical (unpaired) electrons. The minimum atomic E-state index is 0.274. The lowest BCUT2D eigenvalue weighted by Crippen LogP contribution is -2.47. The molecule has 5 nitrogen and oxygen atoms in total. The third-order valence-corrected chi connectivity index (χ3v) is 5.55. The molecule has 0 aliphatic carbocycles. The fourth-order valence-electron chi connectivity index (χ4n) is 4.14. The van der Waals surface area contributed by atoms with Gasteiger partial charge in [-0.3, -0.25) is 4.79 Å². The Balaban J connectivity index is 1.59. The van der Waals surface area contributed by atoms with Crippen molar-refractivity contribution in [1.29, 1.82) is 0 Å². The fourth-order valence-corrected chi connectivity index (χ4v) is 4.14. The summed E-state index contributed by atoms with van der Waals surface area (Å²) in [5.41, 5.74) is 9.28. The van der Waals surface area contributed by atoms with E-state index in [0.29, 0.717) is 18.5 Å². The first-order valence-corrected chi connectivity index (χ1v) is 9.58. The number of aryl methyl sites for hydroxylation is 1. The van der Waals surface area contributed by atoms with Crippen LogP contribution in [0.25, 0.3) is 0 Å². The van der Waals surface area contributed by atoms with Gasteiger partial charge < -0.3 is 20.3 Å². The Kier molecular flexibility index (Phi) is 5.84. The highest BCUT2D eigenvalue weighted by Gasteiger charge is 2.28. The molecule has 138 valence electrons. The second kappa shape index (κ2) is 8.09. The van der Waals surface area contributed by atoms with E-state index in [1.165, 1.54) is 6.42 Å². The van der Waals surface area contributed by atoms with Crippen LogP contribution in [0.4, 0.5) is 11.4 Å². The van der Waals surface area contributed by atoms with Crippen LogP contribution in [-0.4, -0.2) is 49.2 Å². The van der Waals surface area contributed by atoms with E-state index in [0.717, 1.165) is 62.5 Å². The topological polar surface area (TPSA) is 58.8 Å². The number of carbonyl (C=O) groups is 1. The summed E-state index contributed by atoms with van der Waals surface area (Å²) in [6.45, 7) is 7.61. The highest BCUT2D eigenvalue weighted by Crippen LogP contribution is 2.27. The number of benzene rings is 1. The van der Waals surface area contributed by atoms with Gasteiger partial charge in [0, 0.05) is 31.6 Å². The molecule has 2 unspecified atom stereocenters. The number of amides is 1. The smallest absolute Gasteiger partial charge is 0.223 e. The van der Waals surface area contributed by atoms with Crippen molar-refractivity contribution in [2.75, 3.05) is 36.9 Å². The van der Waals surface area contributed by atoms with Gasteiger partial charge in [-0.05, 0) is 57.2 Å². The molecular weight excluding hydrogens is 314 g/mol. The second-order valence-electron chi connectivity index (χ2n) is 7.42. The van der Waals surface area contributed by atoms with E-state index in [1.807, 2.05) is 6.07 Å². The Bertz CT molecular complexity index is 589. The number of ether oxygens (including phenoxy) is 1. The molecule has 2 heterocycles. The summed E-state index contributed by atoms with van der Waals surface area (Å²) in [4.78, 5) is 17.0. The van der Waals surface area contributed by atoms with Crippen molar-refractivity contribution >= 4 is 17.3 Å². The van der Waals surface area contributed by atoms with Gasteiger partial charge in [0.1, 0.15) is 0 Å². The van der Waals surface area contributed by atoms with Gasteiger partial charge in [-0.1, -0.05) is 6.07 Å². The number of likely N-dealkylation sites (tertiary alicyclic amines) is 1. The van der Waals surface area contributed by atoms with Crippen LogP contribution < -0.4 is 10.6 Å². The van der Waals surface area contributed by atoms with Crippen LogP contribution in [0, 0.1) is 0 Å². The summed E-state index contributed by atoms with van der Waals surface area (Å²) in [5, 5.41) is 0. The zero-order valence-corrected chi connectivity index (χ0v) is 15.5. The zero-order chi connectivity index (χ0) is 17.8. The van der Waals surface area contributed by atoms with Crippen molar-refractivity contribution in [3.63, 3.8) is 0 Å². The quantitative estimate of drug-likeness (QED) is 0.853. The average molecular weight is 345 g/mol. The van der Waals surface area contributed by atoms with Gasteiger partial charge in [-0.2, -0.15) is 0 Å². The minimum Gasteiger partial charge on any atom is -0.397 e. The Morgan fingerprint density at radius 2 is 1.88 bits per heavy atom. The summed E-state index contributed by atoms with van der Waals surface area (Å²) in [5.74, 6) is 0.274. The number of carbonyl (C=O) groups excluding carboxylic acids is 1. The summed E-state index contributed by atoms with van der Waals surface area (Å²) in [6, 6.07) is 6.96. The summed E-state index contributed by atoms with van der Waals surface area (Å²) >= 11 is 0. The van der Waals surface area contributed by atoms with E-state index >= 15 is 0 Å². The predicted octanol–water partition coefficient (Wildman–Crippen LogP) is 2.83. The molecule has 0 spiro atoms. The molecule has 3 rings (SSSR count). The Hall–Kier alpha value is -1.75. The van der Waals surface area contributed by atoms with E-state index < -0.39 is 0 Å². The fraction of sp³-hybridized carbons (Fsp3) is 0.650. The number of morpholine rings is 1. The highest BCUT2D eigenvalue weighted by molar-refractivity contribution is 5.77. The van der Waals surface area contributed by atoms with E-state index in [1.54, 1.807) is 0 Å². The van der Waals surface area contributed by atoms with Crippen LogP contribution in [-0.2, 0) is 16.0 Å². The molecule has 1 amide bonds. The number of nitrogen functional groups attached to an aromatic ring is 1. The van der Waals surface area contributed by atoms with Gasteiger partial charge >= 0.3 is 0 Å². The Morgan fingerprint density at radius 3 is 2.52 bits per heavy atom. The largest absolute Gasteiger partial charge is 0.397 e. The molecule has 2 saturated heterocycles. The number of hydrogen-bond acceptors (Lipinski definition) is 4. The van der Waals surface area contributed by atoms with Gasteiger partial charge in [0.05, 0.1) is 24.6 Å². The van der Waals surface area contributed by atoms with Crippen LogP contribution in [0.5, 0.6) is 0 Å². The lowest BCUT2D eigenvalue weighted by Gasteiger charge is -2.39. The van der Waals surface area contributed by atoms with Crippen LogP contribution in [0.2, 0.25) is 0 Å². The van der Waals surface area contributed by atoms with E-state index in [2.05, 4.69) is 35.8 Å². The molecule has 2 aliphatic heterocycles.